The molecule has 3 aromatic rings. The number of aryl methyl sites for hydroxylation is 1. The van der Waals surface area contributed by atoms with Crippen molar-refractivity contribution in [2.24, 2.45) is 0 Å². The maximum absolute atomic E-state index is 12.6. The number of rotatable bonds is 4. The highest BCUT2D eigenvalue weighted by molar-refractivity contribution is 6.30. The average molecular weight is 396 g/mol. The lowest BCUT2D eigenvalue weighted by atomic mass is 10.1. The quantitative estimate of drug-likeness (QED) is 0.731. The van der Waals surface area contributed by atoms with E-state index in [0.29, 0.717) is 49.6 Å². The number of nitrogens with one attached hydrogen (secondary N) is 1. The Hall–Kier alpha value is -2.79. The molecule has 0 radical (unpaired) electrons. The Labute approximate surface area is 168 Å². The fraction of sp³-hybridized carbons (Fsp3) is 0.273. The van der Waals surface area contributed by atoms with Crippen LogP contribution in [0, 0.1) is 0 Å². The van der Waals surface area contributed by atoms with Crippen molar-refractivity contribution < 1.29 is 9.59 Å². The number of H-pyrrole nitrogens is 1. The highest BCUT2D eigenvalue weighted by atomic mass is 35.5. The third kappa shape index (κ3) is 3.90. The minimum atomic E-state index is -0.0115. The zero-order chi connectivity index (χ0) is 19.5. The second-order valence-electron chi connectivity index (χ2n) is 7.04. The number of piperazine rings is 1. The van der Waals surface area contributed by atoms with Crippen molar-refractivity contribution in [2.75, 3.05) is 26.2 Å². The molecule has 1 N–H and O–H groups in total. The fourth-order valence-corrected chi connectivity index (χ4v) is 3.80. The van der Waals surface area contributed by atoms with Gasteiger partial charge in [-0.3, -0.25) is 9.59 Å². The van der Waals surface area contributed by atoms with Crippen LogP contribution < -0.4 is 0 Å². The number of para-hydroxylation sites is 1. The first kappa shape index (κ1) is 18.6. The minimum Gasteiger partial charge on any atom is -0.361 e. The van der Waals surface area contributed by atoms with Gasteiger partial charge in [0, 0.05) is 60.3 Å². The topological polar surface area (TPSA) is 56.4 Å². The van der Waals surface area contributed by atoms with Crippen molar-refractivity contribution in [1.29, 1.82) is 0 Å². The molecule has 6 heteroatoms. The van der Waals surface area contributed by atoms with Crippen molar-refractivity contribution in [2.45, 2.75) is 12.8 Å². The van der Waals surface area contributed by atoms with E-state index in [0.717, 1.165) is 5.52 Å². The van der Waals surface area contributed by atoms with Gasteiger partial charge in [0.2, 0.25) is 5.91 Å². The molecule has 0 atom stereocenters. The van der Waals surface area contributed by atoms with Crippen molar-refractivity contribution in [3.63, 3.8) is 0 Å². The summed E-state index contributed by atoms with van der Waals surface area (Å²) in [6.07, 6.45) is 3.18. The number of aromatic amines is 1. The Morgan fingerprint density at radius 2 is 1.61 bits per heavy atom. The molecule has 2 amide bonds. The second-order valence-corrected chi connectivity index (χ2v) is 7.48. The Morgan fingerprint density at radius 3 is 2.36 bits per heavy atom. The third-order valence-electron chi connectivity index (χ3n) is 5.29. The van der Waals surface area contributed by atoms with E-state index in [9.17, 15) is 9.59 Å². The predicted octanol–water partition coefficient (Wildman–Crippen LogP) is 3.74. The summed E-state index contributed by atoms with van der Waals surface area (Å²) in [5, 5.41) is 1.79. The molecule has 28 heavy (non-hydrogen) atoms. The monoisotopic (exact) mass is 395 g/mol. The number of hydrogen-bond donors (Lipinski definition) is 1. The Balaban J connectivity index is 1.30. The van der Waals surface area contributed by atoms with Crippen LogP contribution in [0.5, 0.6) is 0 Å². The van der Waals surface area contributed by atoms with Crippen molar-refractivity contribution >= 4 is 34.3 Å². The van der Waals surface area contributed by atoms with Gasteiger partial charge in [-0.1, -0.05) is 29.8 Å². The van der Waals surface area contributed by atoms with E-state index in [1.54, 1.807) is 29.2 Å². The van der Waals surface area contributed by atoms with E-state index in [1.165, 1.54) is 10.9 Å². The predicted molar refractivity (Wildman–Crippen MR) is 111 cm³/mol. The molecule has 0 bridgehead atoms. The third-order valence-corrected chi connectivity index (χ3v) is 5.55. The van der Waals surface area contributed by atoms with Gasteiger partial charge >= 0.3 is 0 Å². The van der Waals surface area contributed by atoms with Gasteiger partial charge < -0.3 is 14.8 Å². The van der Waals surface area contributed by atoms with Crippen LogP contribution >= 0.6 is 11.6 Å². The number of nitrogens with zero attached hydrogens (tertiary/aromatic N) is 2. The first-order valence-corrected chi connectivity index (χ1v) is 9.87. The number of fused-ring (bicyclic) bond motifs is 1. The molecule has 0 unspecified atom stereocenters. The first-order valence-electron chi connectivity index (χ1n) is 9.49. The summed E-state index contributed by atoms with van der Waals surface area (Å²) in [7, 11) is 0. The molecule has 4 rings (SSSR count). The zero-order valence-corrected chi connectivity index (χ0v) is 16.3. The molecule has 144 valence electrons. The van der Waals surface area contributed by atoms with Crippen LogP contribution in [0.4, 0.5) is 0 Å². The molecular weight excluding hydrogens is 374 g/mol. The highest BCUT2D eigenvalue weighted by Gasteiger charge is 2.24. The maximum atomic E-state index is 12.6. The maximum Gasteiger partial charge on any atom is 0.253 e. The SMILES string of the molecule is O=C(CCc1c[nH]c2ccccc12)N1CCN(C(=O)c2ccc(Cl)cc2)CC1. The van der Waals surface area contributed by atoms with Gasteiger partial charge in [-0.15, -0.1) is 0 Å². The highest BCUT2D eigenvalue weighted by Crippen LogP contribution is 2.20. The second kappa shape index (κ2) is 8.07. The van der Waals surface area contributed by atoms with Crippen LogP contribution in [0.1, 0.15) is 22.3 Å². The van der Waals surface area contributed by atoms with E-state index >= 15 is 0 Å². The van der Waals surface area contributed by atoms with Gasteiger partial charge in [0.25, 0.3) is 5.91 Å². The van der Waals surface area contributed by atoms with Gasteiger partial charge in [0.05, 0.1) is 0 Å². The molecule has 1 aromatic heterocycles. The first-order chi connectivity index (χ1) is 13.6. The number of carbonyl (C=O) groups excluding carboxylic acids is 2. The van der Waals surface area contributed by atoms with E-state index in [1.807, 2.05) is 29.3 Å². The zero-order valence-electron chi connectivity index (χ0n) is 15.5. The van der Waals surface area contributed by atoms with Crippen LogP contribution in [0.15, 0.2) is 54.7 Å². The van der Waals surface area contributed by atoms with Gasteiger partial charge in [0.15, 0.2) is 0 Å². The van der Waals surface area contributed by atoms with Crippen LogP contribution in [0.3, 0.4) is 0 Å². The van der Waals surface area contributed by atoms with Crippen molar-refractivity contribution in [3.05, 3.63) is 70.9 Å². The van der Waals surface area contributed by atoms with E-state index < -0.39 is 0 Å². The van der Waals surface area contributed by atoms with E-state index in [2.05, 4.69) is 11.1 Å². The Bertz CT molecular complexity index is 988. The molecule has 2 heterocycles. The summed E-state index contributed by atoms with van der Waals surface area (Å²) < 4.78 is 0. The summed E-state index contributed by atoms with van der Waals surface area (Å²) in [6.45, 7) is 2.26. The van der Waals surface area contributed by atoms with Gasteiger partial charge in [-0.25, -0.2) is 0 Å². The Morgan fingerprint density at radius 1 is 0.929 bits per heavy atom. The minimum absolute atomic E-state index is 0.0115. The molecule has 2 aromatic carbocycles. The summed E-state index contributed by atoms with van der Waals surface area (Å²) in [5.74, 6) is 0.131. The van der Waals surface area contributed by atoms with Crippen LogP contribution in [0.2, 0.25) is 5.02 Å². The number of benzene rings is 2. The summed E-state index contributed by atoms with van der Waals surface area (Å²) in [5.41, 5.74) is 2.89. The van der Waals surface area contributed by atoms with Gasteiger partial charge in [-0.2, -0.15) is 0 Å². The summed E-state index contributed by atoms with van der Waals surface area (Å²) >= 11 is 5.88. The van der Waals surface area contributed by atoms with Crippen LogP contribution in [0.25, 0.3) is 10.9 Å². The largest absolute Gasteiger partial charge is 0.361 e. The smallest absolute Gasteiger partial charge is 0.253 e. The number of halogens is 1. The van der Waals surface area contributed by atoms with Gasteiger partial charge in [-0.05, 0) is 42.3 Å². The van der Waals surface area contributed by atoms with Crippen molar-refractivity contribution in [3.8, 4) is 0 Å². The Kier molecular flexibility index (Phi) is 5.35. The summed E-state index contributed by atoms with van der Waals surface area (Å²) in [6, 6.07) is 15.0. The fourth-order valence-electron chi connectivity index (χ4n) is 3.67. The lowest BCUT2D eigenvalue weighted by Gasteiger charge is -2.35. The van der Waals surface area contributed by atoms with Crippen molar-refractivity contribution in [1.82, 2.24) is 14.8 Å². The van der Waals surface area contributed by atoms with E-state index in [-0.39, 0.29) is 11.8 Å². The number of amides is 2. The van der Waals surface area contributed by atoms with Crippen LogP contribution in [-0.2, 0) is 11.2 Å². The van der Waals surface area contributed by atoms with E-state index in [4.69, 9.17) is 11.6 Å². The average Bonchev–Trinajstić information content (AvgIpc) is 3.15. The molecule has 5 nitrogen and oxygen atoms in total. The van der Waals surface area contributed by atoms with Gasteiger partial charge in [0.1, 0.15) is 0 Å². The summed E-state index contributed by atoms with van der Waals surface area (Å²) in [4.78, 5) is 32.1. The lowest BCUT2D eigenvalue weighted by molar-refractivity contribution is -0.132. The molecule has 1 saturated heterocycles. The molecule has 1 aliphatic heterocycles. The van der Waals surface area contributed by atoms with Crippen LogP contribution in [-0.4, -0.2) is 52.8 Å². The number of carbonyl (C=O) groups is 2. The molecule has 0 saturated carbocycles. The standard InChI is InChI=1S/C22H22ClN3O2/c23-18-8-5-16(6-9-18)22(28)26-13-11-25(12-14-26)21(27)10-7-17-15-24-20-4-2-1-3-19(17)20/h1-6,8-9,15,24H,7,10-14H2. The lowest BCUT2D eigenvalue weighted by Crippen LogP contribution is -2.50. The normalized spacial score (nSPS) is 14.5. The molecule has 0 spiro atoms. The number of hydrogen-bond acceptors (Lipinski definition) is 2. The molecule has 0 aliphatic carbocycles. The molecule has 1 aliphatic rings. The molecule has 1 fully saturated rings. The molecular formula is C22H22ClN3O2. The number of aromatic nitrogens is 1.